The summed E-state index contributed by atoms with van der Waals surface area (Å²) in [6, 6.07) is 0. The van der Waals surface area contributed by atoms with Crippen LogP contribution in [0, 0.1) is 23.7 Å². The molecule has 4 unspecified atom stereocenters. The molecule has 2 aliphatic carbocycles. The summed E-state index contributed by atoms with van der Waals surface area (Å²) in [6.07, 6.45) is 8.86. The number of hydrogen-bond donors (Lipinski definition) is 0. The maximum absolute atomic E-state index is 11.0. The van der Waals surface area contributed by atoms with E-state index in [2.05, 4.69) is 23.3 Å². The Morgan fingerprint density at radius 3 is 1.00 bits per heavy atom. The molecule has 6 heteroatoms. The number of carbonyl (C=O) groups is 4. The minimum atomic E-state index is -0.292. The Morgan fingerprint density at radius 2 is 0.800 bits per heavy atom. The summed E-state index contributed by atoms with van der Waals surface area (Å²) in [7, 11) is 0. The van der Waals surface area contributed by atoms with Crippen molar-refractivity contribution in [2.45, 2.75) is 71.6 Å². The van der Waals surface area contributed by atoms with Crippen LogP contribution in [0.4, 0.5) is 0 Å². The lowest BCUT2D eigenvalue weighted by Gasteiger charge is -2.18. The van der Waals surface area contributed by atoms with E-state index in [1.807, 2.05) is 0 Å². The molecule has 4 fully saturated rings. The number of esters is 4. The van der Waals surface area contributed by atoms with E-state index in [4.69, 9.17) is 0 Å². The van der Waals surface area contributed by atoms with E-state index in [1.54, 1.807) is 0 Å². The third kappa shape index (κ3) is 4.67. The molecule has 6 nitrogen and oxygen atoms in total. The molecule has 0 aromatic rings. The Hall–Kier alpha value is -1.72. The van der Waals surface area contributed by atoms with Crippen molar-refractivity contribution < 1.29 is 28.7 Å². The average Bonchev–Trinajstić information content (AvgIpc) is 3.06. The van der Waals surface area contributed by atoms with Crippen molar-refractivity contribution in [3.63, 3.8) is 0 Å². The topological polar surface area (TPSA) is 86.7 Å². The number of hydrogen-bond acceptors (Lipinski definition) is 6. The van der Waals surface area contributed by atoms with Crippen molar-refractivity contribution in [3.8, 4) is 0 Å². The van der Waals surface area contributed by atoms with E-state index in [0.29, 0.717) is 0 Å². The van der Waals surface area contributed by atoms with E-state index >= 15 is 0 Å². The summed E-state index contributed by atoms with van der Waals surface area (Å²) < 4.78 is 9.06. The molecule has 0 aromatic carbocycles. The molecule has 2 heterocycles. The van der Waals surface area contributed by atoms with Crippen molar-refractivity contribution in [3.05, 3.63) is 0 Å². The van der Waals surface area contributed by atoms with Gasteiger partial charge in [-0.25, -0.2) is 0 Å². The van der Waals surface area contributed by atoms with Crippen LogP contribution in [-0.4, -0.2) is 23.9 Å². The predicted molar refractivity (Wildman–Crippen MR) is 89.1 cm³/mol. The van der Waals surface area contributed by atoms with Gasteiger partial charge in [-0.1, -0.05) is 46.0 Å². The lowest BCUT2D eigenvalue weighted by atomic mass is 9.81. The van der Waals surface area contributed by atoms with Crippen molar-refractivity contribution in [2.24, 2.45) is 23.7 Å². The second kappa shape index (κ2) is 9.11. The third-order valence-electron chi connectivity index (χ3n) is 5.15. The van der Waals surface area contributed by atoms with Gasteiger partial charge in [-0.2, -0.15) is 0 Å². The predicted octanol–water partition coefficient (Wildman–Crippen LogP) is 3.17. The fourth-order valence-electron chi connectivity index (χ4n) is 3.89. The lowest BCUT2D eigenvalue weighted by molar-refractivity contribution is -0.155. The molecule has 2 saturated heterocycles. The molecule has 140 valence electrons. The number of ether oxygens (including phenoxy) is 2. The van der Waals surface area contributed by atoms with Gasteiger partial charge in [-0.3, -0.25) is 19.2 Å². The zero-order valence-electron chi connectivity index (χ0n) is 15.1. The molecule has 0 radical (unpaired) electrons. The minimum absolute atomic E-state index is 0.101. The summed E-state index contributed by atoms with van der Waals surface area (Å²) in [5.74, 6) is -1.57. The Labute approximate surface area is 148 Å². The quantitative estimate of drug-likeness (QED) is 0.491. The molecule has 0 spiro atoms. The van der Waals surface area contributed by atoms with Gasteiger partial charge in [-0.15, -0.1) is 0 Å². The van der Waals surface area contributed by atoms with Crippen LogP contribution in [0.2, 0.25) is 0 Å². The Bertz CT molecular complexity index is 436. The van der Waals surface area contributed by atoms with Crippen molar-refractivity contribution >= 4 is 23.9 Å². The summed E-state index contributed by atoms with van der Waals surface area (Å²) in [6.45, 7) is 4.25. The smallest absolute Gasteiger partial charge is 0.317 e. The van der Waals surface area contributed by atoms with Crippen LogP contribution in [0.3, 0.4) is 0 Å². The highest BCUT2D eigenvalue weighted by Gasteiger charge is 2.45. The van der Waals surface area contributed by atoms with E-state index in [9.17, 15) is 19.2 Å². The Morgan fingerprint density at radius 1 is 0.600 bits per heavy atom. The number of fused-ring (bicyclic) bond motifs is 2. The summed E-state index contributed by atoms with van der Waals surface area (Å²) in [5.41, 5.74) is 0. The van der Waals surface area contributed by atoms with Crippen molar-refractivity contribution in [1.29, 1.82) is 0 Å². The molecule has 0 aromatic heterocycles. The molecule has 4 rings (SSSR count). The molecule has 2 saturated carbocycles. The average molecular weight is 352 g/mol. The van der Waals surface area contributed by atoms with Crippen LogP contribution in [-0.2, 0) is 28.7 Å². The molecule has 4 aliphatic rings. The molecular weight excluding hydrogens is 324 g/mol. The van der Waals surface area contributed by atoms with Gasteiger partial charge < -0.3 is 9.47 Å². The molecule has 0 N–H and O–H groups in total. The van der Waals surface area contributed by atoms with Gasteiger partial charge >= 0.3 is 23.9 Å². The fraction of sp³-hybridized carbons (Fsp3) is 0.789. The van der Waals surface area contributed by atoms with E-state index < -0.39 is 0 Å². The fourth-order valence-corrected chi connectivity index (χ4v) is 3.89. The van der Waals surface area contributed by atoms with Crippen LogP contribution in [0.25, 0.3) is 0 Å². The Balaban J connectivity index is 0.000000156. The van der Waals surface area contributed by atoms with Gasteiger partial charge in [-0.05, 0) is 25.7 Å². The molecule has 2 aliphatic heterocycles. The van der Waals surface area contributed by atoms with E-state index in [-0.39, 0.29) is 47.5 Å². The van der Waals surface area contributed by atoms with Crippen molar-refractivity contribution in [1.82, 2.24) is 0 Å². The highest BCUT2D eigenvalue weighted by Crippen LogP contribution is 2.37. The third-order valence-corrected chi connectivity index (χ3v) is 5.15. The summed E-state index contributed by atoms with van der Waals surface area (Å²) in [5, 5.41) is 0. The van der Waals surface area contributed by atoms with Crippen LogP contribution in [0.5, 0.6) is 0 Å². The molecular formula is C19H28O6. The van der Waals surface area contributed by atoms with Crippen LogP contribution >= 0.6 is 0 Å². The van der Waals surface area contributed by atoms with Gasteiger partial charge in [0.1, 0.15) is 0 Å². The van der Waals surface area contributed by atoms with E-state index in [0.717, 1.165) is 51.4 Å². The summed E-state index contributed by atoms with van der Waals surface area (Å²) >= 11 is 0. The monoisotopic (exact) mass is 352 g/mol. The van der Waals surface area contributed by atoms with Crippen LogP contribution in [0.1, 0.15) is 71.6 Å². The Kier molecular flexibility index (Phi) is 7.14. The van der Waals surface area contributed by atoms with Gasteiger partial charge in [0, 0.05) is 0 Å². The van der Waals surface area contributed by atoms with Gasteiger partial charge in [0.2, 0.25) is 0 Å². The minimum Gasteiger partial charge on any atom is -0.393 e. The van der Waals surface area contributed by atoms with Gasteiger partial charge in [0.25, 0.3) is 0 Å². The molecule has 4 atom stereocenters. The zero-order valence-corrected chi connectivity index (χ0v) is 15.1. The largest absolute Gasteiger partial charge is 0.393 e. The molecule has 25 heavy (non-hydrogen) atoms. The molecule has 0 bridgehead atoms. The number of carbonyl (C=O) groups excluding carboxylic acids is 4. The zero-order chi connectivity index (χ0) is 18.4. The normalized spacial score (nSPS) is 33.0. The standard InChI is InChI=1S/2C8H10O3.C3H8/c2*9-7-5-3-1-2-4-6(5)8(10)11-7;1-3-2/h2*5-6H,1-4H2;3H2,1-2H3. The van der Waals surface area contributed by atoms with Crippen LogP contribution < -0.4 is 0 Å². The second-order valence-electron chi connectivity index (χ2n) is 7.18. The first-order valence-electron chi connectivity index (χ1n) is 9.50. The lowest BCUT2D eigenvalue weighted by Crippen LogP contribution is -2.21. The molecule has 0 amide bonds. The maximum atomic E-state index is 11.0. The highest BCUT2D eigenvalue weighted by atomic mass is 16.6. The maximum Gasteiger partial charge on any atom is 0.317 e. The van der Waals surface area contributed by atoms with Crippen molar-refractivity contribution in [2.75, 3.05) is 0 Å². The first kappa shape index (κ1) is 19.6. The first-order valence-corrected chi connectivity index (χ1v) is 9.50. The van der Waals surface area contributed by atoms with Gasteiger partial charge in [0.05, 0.1) is 23.7 Å². The van der Waals surface area contributed by atoms with E-state index in [1.165, 1.54) is 6.42 Å². The summed E-state index contributed by atoms with van der Waals surface area (Å²) in [4.78, 5) is 43.9. The second-order valence-corrected chi connectivity index (χ2v) is 7.18. The highest BCUT2D eigenvalue weighted by molar-refractivity contribution is 5.97. The number of cyclic esters (lactones) is 4. The SMILES string of the molecule is CCC.O=C1OC(=O)C2CCCCC12.O=C1OC(=O)C2CCCCC12. The number of rotatable bonds is 0. The van der Waals surface area contributed by atoms with Gasteiger partial charge in [0.15, 0.2) is 0 Å². The first-order chi connectivity index (χ1) is 12.0. The van der Waals surface area contributed by atoms with Crippen LogP contribution in [0.15, 0.2) is 0 Å².